The van der Waals surface area contributed by atoms with Crippen LogP contribution >= 0.6 is 0 Å². The first-order valence-corrected chi connectivity index (χ1v) is 10.5. The van der Waals surface area contributed by atoms with E-state index in [9.17, 15) is 26.3 Å². The van der Waals surface area contributed by atoms with Crippen LogP contribution in [0.15, 0.2) is 36.7 Å². The maximum Gasteiger partial charge on any atom is 0.433 e. The van der Waals surface area contributed by atoms with E-state index in [-0.39, 0.29) is 17.8 Å². The SMILES string of the molecule is CN(C)Cc1nc(Nc2ccc(C(F)(F)F)nc2)c2c(n1)=CC(c1ncccc1C(F)(F)F)CC=2. The molecule has 0 saturated heterocycles. The lowest BCUT2D eigenvalue weighted by Gasteiger charge is -2.19. The van der Waals surface area contributed by atoms with Crippen LogP contribution in [0.2, 0.25) is 0 Å². The van der Waals surface area contributed by atoms with Crippen LogP contribution in [0.5, 0.6) is 0 Å². The molecule has 3 heterocycles. The van der Waals surface area contributed by atoms with Gasteiger partial charge in [-0.1, -0.05) is 6.08 Å². The lowest BCUT2D eigenvalue weighted by atomic mass is 9.92. The molecule has 1 aliphatic rings. The molecule has 12 heteroatoms. The van der Waals surface area contributed by atoms with Crippen molar-refractivity contribution in [3.63, 3.8) is 0 Å². The Bertz CT molecular complexity index is 1330. The van der Waals surface area contributed by atoms with Crippen molar-refractivity contribution in [1.29, 1.82) is 0 Å². The minimum Gasteiger partial charge on any atom is -0.338 e. The minimum atomic E-state index is -4.57. The number of anilines is 2. The van der Waals surface area contributed by atoms with E-state index in [4.69, 9.17) is 0 Å². The van der Waals surface area contributed by atoms with Crippen molar-refractivity contribution in [3.8, 4) is 0 Å². The van der Waals surface area contributed by atoms with E-state index in [0.29, 0.717) is 28.8 Å². The van der Waals surface area contributed by atoms with Gasteiger partial charge in [0, 0.05) is 17.3 Å². The molecule has 35 heavy (non-hydrogen) atoms. The van der Waals surface area contributed by atoms with Gasteiger partial charge in [-0.15, -0.1) is 0 Å². The summed E-state index contributed by atoms with van der Waals surface area (Å²) < 4.78 is 79.1. The average molecular weight is 494 g/mol. The Morgan fingerprint density at radius 3 is 2.40 bits per heavy atom. The van der Waals surface area contributed by atoms with Crippen LogP contribution in [-0.2, 0) is 18.9 Å². The predicted octanol–water partition coefficient (Wildman–Crippen LogP) is 3.86. The van der Waals surface area contributed by atoms with E-state index >= 15 is 0 Å². The zero-order valence-corrected chi connectivity index (χ0v) is 18.6. The van der Waals surface area contributed by atoms with Gasteiger partial charge in [0.1, 0.15) is 17.3 Å². The van der Waals surface area contributed by atoms with E-state index < -0.39 is 29.5 Å². The molecule has 1 aliphatic carbocycles. The molecule has 3 aromatic rings. The summed E-state index contributed by atoms with van der Waals surface area (Å²) in [6.07, 6.45) is -3.23. The van der Waals surface area contributed by atoms with Gasteiger partial charge in [-0.3, -0.25) is 4.98 Å². The highest BCUT2D eigenvalue weighted by Crippen LogP contribution is 2.36. The number of nitrogens with zero attached hydrogens (tertiary/aromatic N) is 5. The van der Waals surface area contributed by atoms with Gasteiger partial charge in [-0.05, 0) is 50.9 Å². The van der Waals surface area contributed by atoms with Crippen molar-refractivity contribution >= 4 is 23.7 Å². The Morgan fingerprint density at radius 1 is 1.00 bits per heavy atom. The molecule has 0 fully saturated rings. The molecule has 3 aromatic heterocycles. The fraction of sp³-hybridized carbons (Fsp3) is 0.304. The third kappa shape index (κ3) is 5.59. The van der Waals surface area contributed by atoms with Crippen molar-refractivity contribution < 1.29 is 26.3 Å². The standard InChI is InChI=1S/C23H20F6N6/c1-35(2)12-19-33-17-10-13(20-16(22(24,25)26)4-3-9-30-20)5-7-15(17)21(34-19)32-14-6-8-18(31-11-14)23(27,28)29/h3-4,6-11,13H,5,12H2,1-2H3,(H,32,33,34). The fourth-order valence-corrected chi connectivity index (χ4v) is 3.73. The summed E-state index contributed by atoms with van der Waals surface area (Å²) in [6, 6.07) is 4.31. The highest BCUT2D eigenvalue weighted by Gasteiger charge is 2.36. The van der Waals surface area contributed by atoms with Crippen molar-refractivity contribution in [1.82, 2.24) is 24.8 Å². The van der Waals surface area contributed by atoms with E-state index in [1.54, 1.807) is 26.2 Å². The summed E-state index contributed by atoms with van der Waals surface area (Å²) in [7, 11) is 3.61. The number of hydrogen-bond donors (Lipinski definition) is 1. The molecule has 0 saturated carbocycles. The van der Waals surface area contributed by atoms with E-state index in [2.05, 4.69) is 25.3 Å². The normalized spacial score (nSPS) is 15.9. The second kappa shape index (κ2) is 9.25. The first kappa shape index (κ1) is 24.6. The van der Waals surface area contributed by atoms with E-state index in [1.165, 1.54) is 18.3 Å². The Hall–Kier alpha value is -3.54. The maximum atomic E-state index is 13.5. The van der Waals surface area contributed by atoms with Crippen molar-refractivity contribution in [3.05, 3.63) is 70.0 Å². The second-order valence-corrected chi connectivity index (χ2v) is 8.23. The van der Waals surface area contributed by atoms with Crippen molar-refractivity contribution in [2.45, 2.75) is 31.2 Å². The molecule has 6 nitrogen and oxygen atoms in total. The molecule has 1 N–H and O–H groups in total. The maximum absolute atomic E-state index is 13.5. The number of rotatable bonds is 5. The lowest BCUT2D eigenvalue weighted by molar-refractivity contribution is -0.141. The third-order valence-electron chi connectivity index (χ3n) is 5.23. The molecule has 0 spiro atoms. The number of pyridine rings is 2. The Morgan fingerprint density at radius 2 is 1.77 bits per heavy atom. The van der Waals surface area contributed by atoms with Gasteiger partial charge in [0.15, 0.2) is 0 Å². The second-order valence-electron chi connectivity index (χ2n) is 8.23. The highest BCUT2D eigenvalue weighted by molar-refractivity contribution is 5.60. The lowest BCUT2D eigenvalue weighted by Crippen LogP contribution is -2.37. The molecule has 4 rings (SSSR count). The van der Waals surface area contributed by atoms with Gasteiger partial charge in [0.2, 0.25) is 0 Å². The molecule has 0 aromatic carbocycles. The van der Waals surface area contributed by atoms with Gasteiger partial charge in [-0.25, -0.2) is 15.0 Å². The van der Waals surface area contributed by atoms with Crippen LogP contribution in [0, 0.1) is 0 Å². The van der Waals surface area contributed by atoms with Crippen LogP contribution in [0.4, 0.5) is 37.8 Å². The number of nitrogens with one attached hydrogen (secondary N) is 1. The van der Waals surface area contributed by atoms with Crippen molar-refractivity contribution in [2.24, 2.45) is 0 Å². The number of alkyl halides is 6. The van der Waals surface area contributed by atoms with Crippen LogP contribution in [0.1, 0.15) is 35.1 Å². The van der Waals surface area contributed by atoms with Crippen LogP contribution < -0.4 is 15.9 Å². The fourth-order valence-electron chi connectivity index (χ4n) is 3.73. The molecule has 0 aliphatic heterocycles. The number of aromatic nitrogens is 4. The zero-order valence-electron chi connectivity index (χ0n) is 18.6. The molecule has 1 atom stereocenters. The summed E-state index contributed by atoms with van der Waals surface area (Å²) in [5, 5.41) is 3.91. The van der Waals surface area contributed by atoms with Crippen LogP contribution in [0.3, 0.4) is 0 Å². The average Bonchev–Trinajstić information content (AvgIpc) is 2.77. The Balaban J connectivity index is 1.77. The summed E-state index contributed by atoms with van der Waals surface area (Å²) in [4.78, 5) is 18.3. The first-order valence-electron chi connectivity index (χ1n) is 10.5. The number of hydrogen-bond acceptors (Lipinski definition) is 6. The quantitative estimate of drug-likeness (QED) is 0.544. The summed E-state index contributed by atoms with van der Waals surface area (Å²) >= 11 is 0. The molecular formula is C23H20F6N6. The molecular weight excluding hydrogens is 474 g/mol. The predicted molar refractivity (Wildman–Crippen MR) is 117 cm³/mol. The summed E-state index contributed by atoms with van der Waals surface area (Å²) in [6.45, 7) is 0.336. The van der Waals surface area contributed by atoms with Gasteiger partial charge >= 0.3 is 12.4 Å². The summed E-state index contributed by atoms with van der Waals surface area (Å²) in [5.41, 5.74) is -1.67. The third-order valence-corrected chi connectivity index (χ3v) is 5.23. The first-order chi connectivity index (χ1) is 16.4. The van der Waals surface area contributed by atoms with Gasteiger partial charge in [-0.2, -0.15) is 26.3 Å². The monoisotopic (exact) mass is 494 g/mol. The Kier molecular flexibility index (Phi) is 6.50. The van der Waals surface area contributed by atoms with E-state index in [0.717, 1.165) is 18.3 Å². The minimum absolute atomic E-state index is 0.101. The van der Waals surface area contributed by atoms with Gasteiger partial charge in [0.05, 0.1) is 35.0 Å². The number of fused-ring (bicyclic) bond motifs is 1. The zero-order chi connectivity index (χ0) is 25.4. The molecule has 184 valence electrons. The van der Waals surface area contributed by atoms with Gasteiger partial charge < -0.3 is 10.2 Å². The Labute approximate surface area is 196 Å². The van der Waals surface area contributed by atoms with Crippen LogP contribution in [0.25, 0.3) is 12.2 Å². The largest absolute Gasteiger partial charge is 0.433 e. The molecule has 0 amide bonds. The van der Waals surface area contributed by atoms with Crippen LogP contribution in [-0.4, -0.2) is 38.9 Å². The van der Waals surface area contributed by atoms with Crippen molar-refractivity contribution in [2.75, 3.05) is 19.4 Å². The number of halogens is 6. The van der Waals surface area contributed by atoms with Gasteiger partial charge in [0.25, 0.3) is 0 Å². The smallest absolute Gasteiger partial charge is 0.338 e. The topological polar surface area (TPSA) is 66.8 Å². The summed E-state index contributed by atoms with van der Waals surface area (Å²) in [5.74, 6) is 0.0432. The molecule has 1 unspecified atom stereocenters. The molecule has 0 radical (unpaired) electrons. The highest BCUT2D eigenvalue weighted by atomic mass is 19.4. The van der Waals surface area contributed by atoms with E-state index in [1.807, 2.05) is 4.90 Å². The molecule has 0 bridgehead atoms.